The summed E-state index contributed by atoms with van der Waals surface area (Å²) in [6, 6.07) is 0. The molecule has 0 aromatic rings. The van der Waals surface area contributed by atoms with Gasteiger partial charge in [0.25, 0.3) is 0 Å². The van der Waals surface area contributed by atoms with Crippen LogP contribution in [0.1, 0.15) is 25.7 Å². The molecule has 1 fully saturated rings. The quantitative estimate of drug-likeness (QED) is 0.453. The molecule has 1 atom stereocenters. The molecule has 0 bridgehead atoms. The summed E-state index contributed by atoms with van der Waals surface area (Å²) in [5.74, 6) is 0. The minimum Gasteiger partial charge on any atom is -0.0901 e. The fourth-order valence-electron chi connectivity index (χ4n) is 0.911. The van der Waals surface area contributed by atoms with Gasteiger partial charge in [-0.15, -0.1) is 0 Å². The summed E-state index contributed by atoms with van der Waals surface area (Å²) >= 11 is 5.03. The Kier molecular flexibility index (Phi) is 2.04. The molecule has 1 aliphatic rings. The van der Waals surface area contributed by atoms with Gasteiger partial charge in [0.1, 0.15) is 0 Å². The highest BCUT2D eigenvalue weighted by molar-refractivity contribution is 7.81. The van der Waals surface area contributed by atoms with Gasteiger partial charge in [0.05, 0.1) is 0 Å². The standard InChI is InChI=1S/C6H10S/c7-6-4-2-1-3-5-6/h4,6H,1-3,5H2. The van der Waals surface area contributed by atoms with Crippen LogP contribution in [0.3, 0.4) is 0 Å². The Morgan fingerprint density at radius 3 is 2.57 bits per heavy atom. The molecule has 0 N–H and O–H groups in total. The van der Waals surface area contributed by atoms with E-state index in [0.29, 0.717) is 5.25 Å². The van der Waals surface area contributed by atoms with Crippen LogP contribution in [0.4, 0.5) is 0 Å². The molecule has 0 aliphatic heterocycles. The lowest BCUT2D eigenvalue weighted by molar-refractivity contribution is 0.605. The first-order chi connectivity index (χ1) is 3.39. The van der Waals surface area contributed by atoms with Crippen LogP contribution in [0.2, 0.25) is 0 Å². The molecule has 1 rings (SSSR count). The van der Waals surface area contributed by atoms with Gasteiger partial charge >= 0.3 is 0 Å². The van der Waals surface area contributed by atoms with E-state index in [-0.39, 0.29) is 0 Å². The molecule has 0 heterocycles. The lowest BCUT2D eigenvalue weighted by Crippen LogP contribution is -2.04. The van der Waals surface area contributed by atoms with E-state index in [2.05, 4.69) is 6.42 Å². The molecule has 1 aliphatic carbocycles. The van der Waals surface area contributed by atoms with Gasteiger partial charge in [0.2, 0.25) is 0 Å². The van der Waals surface area contributed by atoms with E-state index in [4.69, 9.17) is 12.6 Å². The van der Waals surface area contributed by atoms with E-state index in [0.717, 1.165) is 0 Å². The van der Waals surface area contributed by atoms with Crippen molar-refractivity contribution in [1.29, 1.82) is 0 Å². The molecule has 0 spiro atoms. The van der Waals surface area contributed by atoms with Crippen molar-refractivity contribution in [3.8, 4) is 0 Å². The monoisotopic (exact) mass is 114 g/mol. The second-order valence-electron chi connectivity index (χ2n) is 2.06. The summed E-state index contributed by atoms with van der Waals surface area (Å²) in [5.41, 5.74) is 0. The summed E-state index contributed by atoms with van der Waals surface area (Å²) in [7, 11) is 0. The molecular formula is C6H10S. The molecule has 7 heavy (non-hydrogen) atoms. The Morgan fingerprint density at radius 1 is 1.43 bits per heavy atom. The van der Waals surface area contributed by atoms with Gasteiger partial charge < -0.3 is 0 Å². The van der Waals surface area contributed by atoms with Crippen LogP contribution < -0.4 is 0 Å². The van der Waals surface area contributed by atoms with Gasteiger partial charge in [-0.3, -0.25) is 0 Å². The topological polar surface area (TPSA) is 0 Å². The first-order valence-corrected chi connectivity index (χ1v) is 3.36. The number of hydrogen-bond acceptors (Lipinski definition) is 0. The fraction of sp³-hybridized carbons (Fsp3) is 0.833. The van der Waals surface area contributed by atoms with Crippen LogP contribution in [-0.2, 0) is 0 Å². The van der Waals surface area contributed by atoms with Gasteiger partial charge in [0.15, 0.2) is 0 Å². The van der Waals surface area contributed by atoms with Crippen molar-refractivity contribution >= 4 is 12.6 Å². The van der Waals surface area contributed by atoms with E-state index in [9.17, 15) is 0 Å². The molecule has 0 aromatic heterocycles. The molecule has 0 saturated heterocycles. The lowest BCUT2D eigenvalue weighted by Gasteiger charge is -2.13. The van der Waals surface area contributed by atoms with Gasteiger partial charge in [-0.25, -0.2) is 0 Å². The molecule has 0 amide bonds. The molecule has 0 nitrogen and oxygen atoms in total. The minimum absolute atomic E-state index is 0.494. The summed E-state index contributed by atoms with van der Waals surface area (Å²) < 4.78 is 0. The molecule has 1 unspecified atom stereocenters. The average molecular weight is 114 g/mol. The van der Waals surface area contributed by atoms with E-state index >= 15 is 0 Å². The van der Waals surface area contributed by atoms with Gasteiger partial charge in [-0.1, -0.05) is 25.5 Å². The second kappa shape index (κ2) is 2.61. The van der Waals surface area contributed by atoms with Gasteiger partial charge in [-0.05, 0) is 19.3 Å². The van der Waals surface area contributed by atoms with Crippen molar-refractivity contribution in [2.45, 2.75) is 30.9 Å². The first kappa shape index (κ1) is 5.49. The predicted molar refractivity (Wildman–Crippen MR) is 34.1 cm³/mol. The van der Waals surface area contributed by atoms with Crippen LogP contribution in [0.25, 0.3) is 0 Å². The van der Waals surface area contributed by atoms with Crippen molar-refractivity contribution < 1.29 is 0 Å². The maximum absolute atomic E-state index is 5.03. The van der Waals surface area contributed by atoms with E-state index in [1.165, 1.54) is 25.7 Å². The first-order valence-electron chi connectivity index (χ1n) is 2.89. The summed E-state index contributed by atoms with van der Waals surface area (Å²) in [5, 5.41) is 0.494. The van der Waals surface area contributed by atoms with Crippen molar-refractivity contribution in [1.82, 2.24) is 0 Å². The Morgan fingerprint density at radius 2 is 2.29 bits per heavy atom. The SMILES string of the molecule is [S]C1[CH]CCCC1. The van der Waals surface area contributed by atoms with E-state index in [1.807, 2.05) is 0 Å². The Bertz CT molecular complexity index is 46.1. The van der Waals surface area contributed by atoms with Crippen molar-refractivity contribution in [3.63, 3.8) is 0 Å². The molecule has 1 saturated carbocycles. The zero-order valence-corrected chi connectivity index (χ0v) is 5.21. The van der Waals surface area contributed by atoms with Crippen molar-refractivity contribution in [2.24, 2.45) is 0 Å². The fourth-order valence-corrected chi connectivity index (χ4v) is 1.21. The molecular weight excluding hydrogens is 104 g/mol. The van der Waals surface area contributed by atoms with Crippen molar-refractivity contribution in [3.05, 3.63) is 6.42 Å². The third-order valence-corrected chi connectivity index (χ3v) is 1.80. The van der Waals surface area contributed by atoms with Crippen LogP contribution >= 0.6 is 12.6 Å². The Labute approximate surface area is 50.7 Å². The van der Waals surface area contributed by atoms with E-state index in [1.54, 1.807) is 0 Å². The Hall–Kier alpha value is 0.350. The summed E-state index contributed by atoms with van der Waals surface area (Å²) in [4.78, 5) is 0. The smallest absolute Gasteiger partial charge is 0.0182 e. The molecule has 1 heteroatoms. The number of rotatable bonds is 0. The maximum atomic E-state index is 5.03. The second-order valence-corrected chi connectivity index (χ2v) is 2.66. The van der Waals surface area contributed by atoms with Gasteiger partial charge in [-0.2, -0.15) is 0 Å². The Balaban J connectivity index is 2.12. The highest BCUT2D eigenvalue weighted by Gasteiger charge is 2.08. The van der Waals surface area contributed by atoms with Crippen LogP contribution in [0.5, 0.6) is 0 Å². The zero-order valence-electron chi connectivity index (χ0n) is 4.39. The predicted octanol–water partition coefficient (Wildman–Crippen LogP) is 2.33. The largest absolute Gasteiger partial charge is 0.0901 e. The van der Waals surface area contributed by atoms with E-state index < -0.39 is 0 Å². The average Bonchev–Trinajstić information content (AvgIpc) is 1.69. The van der Waals surface area contributed by atoms with Crippen molar-refractivity contribution in [2.75, 3.05) is 0 Å². The lowest BCUT2D eigenvalue weighted by atomic mass is 10.0. The number of hydrogen-bond donors (Lipinski definition) is 0. The summed E-state index contributed by atoms with van der Waals surface area (Å²) in [6.45, 7) is 0. The summed E-state index contributed by atoms with van der Waals surface area (Å²) in [6.07, 6.45) is 7.47. The van der Waals surface area contributed by atoms with Crippen LogP contribution in [0, 0.1) is 6.42 Å². The third-order valence-electron chi connectivity index (χ3n) is 1.37. The minimum atomic E-state index is 0.494. The zero-order chi connectivity index (χ0) is 5.11. The van der Waals surface area contributed by atoms with Crippen LogP contribution in [0.15, 0.2) is 0 Å². The molecule has 2 radical (unpaired) electrons. The highest BCUT2D eigenvalue weighted by Crippen LogP contribution is 2.20. The van der Waals surface area contributed by atoms with Gasteiger partial charge in [0, 0.05) is 5.25 Å². The highest BCUT2D eigenvalue weighted by atomic mass is 32.1. The normalized spacial score (nSPS) is 25.3. The third kappa shape index (κ3) is 1.72. The van der Waals surface area contributed by atoms with Crippen LogP contribution in [-0.4, -0.2) is 5.25 Å². The molecule has 0 aromatic carbocycles. The molecule has 40 valence electrons. The maximum Gasteiger partial charge on any atom is 0.0182 e.